The summed E-state index contributed by atoms with van der Waals surface area (Å²) in [4.78, 5) is 39.1. The number of fused-ring (bicyclic) bond motifs is 20. The number of aromatic amines is 2. The van der Waals surface area contributed by atoms with E-state index in [1.807, 2.05) is 103 Å². The summed E-state index contributed by atoms with van der Waals surface area (Å²) in [7, 11) is 0. The Bertz CT molecular complexity index is 6360. The molecule has 5 heterocycles. The summed E-state index contributed by atoms with van der Waals surface area (Å²) in [5.74, 6) is 2.59. The van der Waals surface area contributed by atoms with Gasteiger partial charge in [0.15, 0.2) is 46.3 Å². The number of benzene rings is 10. The first-order valence-corrected chi connectivity index (χ1v) is 43.5. The average Bonchev–Trinajstić information content (AvgIpc) is 1.56. The van der Waals surface area contributed by atoms with Crippen LogP contribution in [0.3, 0.4) is 0 Å². The zero-order chi connectivity index (χ0) is 80.3. The highest BCUT2D eigenvalue weighted by Crippen LogP contribution is 2.60. The highest BCUT2D eigenvalue weighted by molar-refractivity contribution is 6.53. The molecule has 2 aliphatic heterocycles. The number of nitrogens with zero attached hydrogens (tertiary/aromatic N) is 6. The topological polar surface area (TPSA) is 146 Å². The van der Waals surface area contributed by atoms with Gasteiger partial charge in [-0.25, -0.2) is 29.9 Å². The Kier molecular flexibility index (Phi) is 21.9. The van der Waals surface area contributed by atoms with Gasteiger partial charge in [-0.05, 0) is 114 Å². The highest BCUT2D eigenvalue weighted by Gasteiger charge is 2.39. The van der Waals surface area contributed by atoms with E-state index in [1.165, 1.54) is 0 Å². The van der Waals surface area contributed by atoms with Gasteiger partial charge in [-0.15, -0.1) is 0 Å². The predicted molar refractivity (Wildman–Crippen MR) is 477 cm³/mol. The fraction of sp³-hybridized carbons (Fsp3) is 0.261. The molecule has 3 fully saturated rings. The molecule has 116 heavy (non-hydrogen) atoms. The molecule has 18 rings (SSSR count). The molecular formula is C92H72Cl12N8O4. The Hall–Kier alpha value is -7.76. The molecule has 10 aromatic carbocycles. The maximum absolute atomic E-state index is 8.04. The van der Waals surface area contributed by atoms with Crippen LogP contribution in [-0.2, 0) is 10.8 Å². The number of ether oxygens (including phenoxy) is 4. The third-order valence-electron chi connectivity index (χ3n) is 23.8. The number of para-hydroxylation sites is 3. The van der Waals surface area contributed by atoms with E-state index in [-0.39, 0.29) is 191 Å². The monoisotopic (exact) mass is 1770 g/mol. The summed E-state index contributed by atoms with van der Waals surface area (Å²) < 4.78 is 28.2. The smallest absolute Gasteiger partial charge is 0.166 e. The SMILES string of the molecule is CC(C)(c1ccccc1)c1ccc(Oc2c(Cl)c(Cl)c3c(c2Cl)-c2nc-3nc3[nH]c(nc4nc(nc5[nH]c(n2)c2c(Cl)c(Cl)c(Oc6ccccc6C6CCCCC6)c(Cl)c52)-c2c(Cl)c(Cl)c(Oc5ccccc5C5CCCCC5)c(Cl)c2-4)c2c(Cl)c(Oc4ccccc4C4CCCCC4)c(Cl)c(Cl)c32)c(C(C)(C)c2ccccc2)c1. The molecule has 0 unspecified atom stereocenters. The Balaban J connectivity index is 0.927. The van der Waals surface area contributed by atoms with E-state index in [4.69, 9.17) is 188 Å². The normalized spacial score (nSPS) is 15.0. The van der Waals surface area contributed by atoms with E-state index in [2.05, 4.69) is 86.2 Å². The number of halogens is 12. The van der Waals surface area contributed by atoms with Gasteiger partial charge in [0.05, 0.1) is 84.0 Å². The fourth-order valence-corrected chi connectivity index (χ4v) is 21.0. The third kappa shape index (κ3) is 14.0. The molecule has 24 heteroatoms. The van der Waals surface area contributed by atoms with Crippen LogP contribution >= 0.6 is 139 Å². The molecule has 3 saturated carbocycles. The molecule has 3 aliphatic carbocycles. The van der Waals surface area contributed by atoms with E-state index in [0.29, 0.717) is 23.0 Å². The van der Waals surface area contributed by atoms with Gasteiger partial charge in [0, 0.05) is 16.4 Å². The lowest BCUT2D eigenvalue weighted by Crippen LogP contribution is -2.23. The minimum Gasteiger partial charge on any atom is -0.454 e. The minimum atomic E-state index is -0.693. The summed E-state index contributed by atoms with van der Waals surface area (Å²) in [6.45, 7) is 8.68. The van der Waals surface area contributed by atoms with Crippen molar-refractivity contribution in [3.63, 3.8) is 0 Å². The average molecular weight is 1780 g/mol. The number of rotatable bonds is 15. The molecular weight excluding hydrogens is 1710 g/mol. The van der Waals surface area contributed by atoms with Crippen LogP contribution in [0.15, 0.2) is 152 Å². The molecule has 13 aromatic rings. The third-order valence-corrected chi connectivity index (χ3v) is 28.6. The molecule has 3 aromatic heterocycles. The van der Waals surface area contributed by atoms with Crippen molar-refractivity contribution in [3.8, 4) is 91.5 Å². The first-order valence-electron chi connectivity index (χ1n) is 38.9. The zero-order valence-electron chi connectivity index (χ0n) is 63.1. The van der Waals surface area contributed by atoms with Gasteiger partial charge in [-0.2, -0.15) is 0 Å². The van der Waals surface area contributed by atoms with Gasteiger partial charge < -0.3 is 28.9 Å². The van der Waals surface area contributed by atoms with Crippen LogP contribution in [0.25, 0.3) is 89.7 Å². The standard InChI is InChI=1S/C92H72Cl12N8O4/c1-91(2,48-32-16-8-17-33-48)50-42-43-58(54(44-50)92(3,4)49-34-18-9-19-35-49)116-82-74(100)66-62(70(96)78(82)104)84-105-83-59-64(72(98)80(75(101)67(59)93)114-56-40-24-21-37-52(56)46-28-12-6-13-29-46)89(107-83)112-90-65-61(69(95)77(103)81(73(65)99)115-57-41-25-22-38-53(57)47-30-14-7-15-31-47)86(111-90)109-87-63-60(85(108-87)110-88(66)106-84)68(94)76(102)79(71(63)97)113-55-39-23-20-36-51(55)45-26-10-5-11-27-45/h8-9,16-25,32-47H,5-7,10-15,26-31H2,1-4H3,(H2,105,106,107,108,109,110,111,112). The Morgan fingerprint density at radius 1 is 0.276 bits per heavy atom. The molecule has 0 amide bonds. The van der Waals surface area contributed by atoms with Gasteiger partial charge >= 0.3 is 0 Å². The van der Waals surface area contributed by atoms with E-state index in [9.17, 15) is 0 Å². The fourth-order valence-electron chi connectivity index (χ4n) is 17.6. The Labute approximate surface area is 730 Å². The molecule has 8 bridgehead atoms. The molecule has 12 nitrogen and oxygen atoms in total. The van der Waals surface area contributed by atoms with Gasteiger partial charge in [-0.3, -0.25) is 0 Å². The lowest BCUT2D eigenvalue weighted by molar-refractivity contribution is 0.419. The van der Waals surface area contributed by atoms with Crippen LogP contribution < -0.4 is 18.9 Å². The summed E-state index contributed by atoms with van der Waals surface area (Å²) in [6, 6.07) is 50.3. The van der Waals surface area contributed by atoms with Crippen LogP contribution in [0.4, 0.5) is 0 Å². The van der Waals surface area contributed by atoms with Gasteiger partial charge in [0.2, 0.25) is 0 Å². The minimum absolute atomic E-state index is 0.000862. The predicted octanol–water partition coefficient (Wildman–Crippen LogP) is 32.7. The number of hydrogen-bond acceptors (Lipinski definition) is 10. The molecule has 0 atom stereocenters. The number of aromatic nitrogens is 8. The lowest BCUT2D eigenvalue weighted by atomic mass is 9.73. The maximum atomic E-state index is 8.04. The summed E-state index contributed by atoms with van der Waals surface area (Å²) in [5.41, 5.74) is 6.56. The summed E-state index contributed by atoms with van der Waals surface area (Å²) in [6.07, 6.45) is 15.8. The first kappa shape index (κ1) is 79.4. The summed E-state index contributed by atoms with van der Waals surface area (Å²) in [5, 5.41) is 0.341. The molecule has 5 aliphatic rings. The van der Waals surface area contributed by atoms with Crippen LogP contribution in [0, 0.1) is 0 Å². The van der Waals surface area contributed by atoms with Gasteiger partial charge in [0.25, 0.3) is 0 Å². The molecule has 588 valence electrons. The molecule has 0 saturated heterocycles. The van der Waals surface area contributed by atoms with Crippen molar-refractivity contribution < 1.29 is 18.9 Å². The van der Waals surface area contributed by atoms with E-state index < -0.39 is 10.8 Å². The largest absolute Gasteiger partial charge is 0.454 e. The van der Waals surface area contributed by atoms with Crippen molar-refractivity contribution in [3.05, 3.63) is 251 Å². The number of hydrogen-bond donors (Lipinski definition) is 2. The summed E-state index contributed by atoms with van der Waals surface area (Å²) >= 11 is 93.5. The quantitative estimate of drug-likeness (QED) is 0.0951. The van der Waals surface area contributed by atoms with Crippen molar-refractivity contribution in [1.29, 1.82) is 0 Å². The second-order valence-electron chi connectivity index (χ2n) is 31.4. The number of H-pyrrole nitrogens is 2. The van der Waals surface area contributed by atoms with Crippen molar-refractivity contribution in [2.45, 2.75) is 153 Å². The van der Waals surface area contributed by atoms with Crippen LogP contribution in [0.5, 0.6) is 46.0 Å². The second-order valence-corrected chi connectivity index (χ2v) is 35.9. The second kappa shape index (κ2) is 32.1. The Morgan fingerprint density at radius 2 is 0.569 bits per heavy atom. The van der Waals surface area contributed by atoms with Gasteiger partial charge in [0.1, 0.15) is 65.7 Å². The van der Waals surface area contributed by atoms with E-state index in [1.54, 1.807) is 0 Å². The van der Waals surface area contributed by atoms with Crippen LogP contribution in [0.2, 0.25) is 60.3 Å². The zero-order valence-corrected chi connectivity index (χ0v) is 72.2. The van der Waals surface area contributed by atoms with Crippen LogP contribution in [-0.4, -0.2) is 39.9 Å². The van der Waals surface area contributed by atoms with E-state index in [0.717, 1.165) is 135 Å². The molecule has 0 radical (unpaired) electrons. The van der Waals surface area contributed by atoms with Crippen molar-refractivity contribution in [2.75, 3.05) is 0 Å². The molecule has 0 spiro atoms. The first-order chi connectivity index (χ1) is 56.0. The number of nitrogens with one attached hydrogen (secondary N) is 2. The van der Waals surface area contributed by atoms with Gasteiger partial charge in [-0.1, -0.05) is 352 Å². The lowest BCUT2D eigenvalue weighted by Gasteiger charge is -2.32. The Morgan fingerprint density at radius 3 is 0.931 bits per heavy atom. The molecule has 2 N–H and O–H groups in total. The van der Waals surface area contributed by atoms with Crippen molar-refractivity contribution in [2.24, 2.45) is 0 Å². The van der Waals surface area contributed by atoms with Crippen molar-refractivity contribution in [1.82, 2.24) is 39.9 Å². The van der Waals surface area contributed by atoms with E-state index >= 15 is 0 Å². The van der Waals surface area contributed by atoms with Crippen LogP contribution in [0.1, 0.15) is 181 Å². The van der Waals surface area contributed by atoms with Crippen molar-refractivity contribution >= 4 is 183 Å². The maximum Gasteiger partial charge on any atom is 0.166 e. The highest BCUT2D eigenvalue weighted by atomic mass is 35.5.